The zero-order valence-electron chi connectivity index (χ0n) is 15.4. The van der Waals surface area contributed by atoms with E-state index in [-0.39, 0.29) is 5.91 Å². The molecular weight excluding hydrogens is 330 g/mol. The van der Waals surface area contributed by atoms with Gasteiger partial charge in [-0.2, -0.15) is 0 Å². The highest BCUT2D eigenvalue weighted by Gasteiger charge is 2.25. The minimum absolute atomic E-state index is 0.239. The third kappa shape index (κ3) is 3.99. The Labute approximate surface area is 153 Å². The number of amides is 1. The Kier molecular flexibility index (Phi) is 4.89. The molecule has 0 radical (unpaired) electrons. The number of ether oxygens (including phenoxy) is 3. The Morgan fingerprint density at radius 3 is 2.58 bits per heavy atom. The quantitative estimate of drug-likeness (QED) is 0.871. The predicted molar refractivity (Wildman–Crippen MR) is 102 cm³/mol. The van der Waals surface area contributed by atoms with Crippen LogP contribution in [0, 0.1) is 0 Å². The zero-order valence-corrected chi connectivity index (χ0v) is 15.4. The summed E-state index contributed by atoms with van der Waals surface area (Å²) in [4.78, 5) is 12.4. The number of hydrogen-bond acceptors (Lipinski definition) is 4. The van der Waals surface area contributed by atoms with Crippen LogP contribution in [0.1, 0.15) is 26.3 Å². The summed E-state index contributed by atoms with van der Waals surface area (Å²) >= 11 is 0. The van der Waals surface area contributed by atoms with Crippen molar-refractivity contribution in [3.8, 4) is 17.2 Å². The summed E-state index contributed by atoms with van der Waals surface area (Å²) in [5, 5.41) is 2.83. The zero-order chi connectivity index (χ0) is 18.7. The highest BCUT2D eigenvalue weighted by Crippen LogP contribution is 2.40. The average Bonchev–Trinajstić information content (AvgIpc) is 2.61. The summed E-state index contributed by atoms with van der Waals surface area (Å²) in [7, 11) is 1.57. The largest absolute Gasteiger partial charge is 0.493 e. The Morgan fingerprint density at radius 1 is 1.15 bits per heavy atom. The lowest BCUT2D eigenvalue weighted by molar-refractivity contribution is -0.122. The van der Waals surface area contributed by atoms with Crippen LogP contribution < -0.4 is 19.5 Å². The summed E-state index contributed by atoms with van der Waals surface area (Å²) in [6.45, 7) is 5.65. The van der Waals surface area contributed by atoms with Crippen LogP contribution in [-0.2, 0) is 4.79 Å². The maximum Gasteiger partial charge on any atom is 0.265 e. The first-order valence-electron chi connectivity index (χ1n) is 8.51. The first-order chi connectivity index (χ1) is 12.4. The second kappa shape index (κ2) is 7.12. The van der Waals surface area contributed by atoms with Crippen molar-refractivity contribution in [1.29, 1.82) is 0 Å². The fraction of sp³-hybridized carbons (Fsp3) is 0.286. The van der Waals surface area contributed by atoms with Gasteiger partial charge in [0.25, 0.3) is 5.91 Å². The van der Waals surface area contributed by atoms with Crippen LogP contribution in [0.4, 0.5) is 5.69 Å². The summed E-state index contributed by atoms with van der Waals surface area (Å²) < 4.78 is 17.3. The molecule has 5 nitrogen and oxygen atoms in total. The number of benzene rings is 2. The van der Waals surface area contributed by atoms with Crippen molar-refractivity contribution in [1.82, 2.24) is 0 Å². The number of nitrogens with one attached hydrogen (secondary N) is 1. The van der Waals surface area contributed by atoms with Gasteiger partial charge in [-0.05, 0) is 45.0 Å². The SMILES string of the molecule is COc1cc2c(cc1OC(C)C(=O)Nc1ccccc1)OC(C)(C)C=C2. The van der Waals surface area contributed by atoms with Crippen LogP contribution >= 0.6 is 0 Å². The van der Waals surface area contributed by atoms with Gasteiger partial charge >= 0.3 is 0 Å². The van der Waals surface area contributed by atoms with E-state index >= 15 is 0 Å². The van der Waals surface area contributed by atoms with Crippen molar-refractivity contribution in [2.24, 2.45) is 0 Å². The Bertz CT molecular complexity index is 827. The van der Waals surface area contributed by atoms with E-state index in [9.17, 15) is 4.79 Å². The van der Waals surface area contributed by atoms with Crippen LogP contribution in [0.2, 0.25) is 0 Å². The predicted octanol–water partition coefficient (Wildman–Crippen LogP) is 4.29. The fourth-order valence-corrected chi connectivity index (χ4v) is 2.64. The average molecular weight is 353 g/mol. The number of para-hydroxylation sites is 1. The van der Waals surface area contributed by atoms with Crippen LogP contribution in [0.3, 0.4) is 0 Å². The van der Waals surface area contributed by atoms with Crippen molar-refractivity contribution in [2.45, 2.75) is 32.5 Å². The number of carbonyl (C=O) groups excluding carboxylic acids is 1. The Hall–Kier alpha value is -2.95. The first kappa shape index (κ1) is 17.9. The van der Waals surface area contributed by atoms with E-state index in [0.29, 0.717) is 17.2 Å². The molecule has 1 atom stereocenters. The molecule has 1 aliphatic rings. The second-order valence-corrected chi connectivity index (χ2v) is 6.70. The molecule has 3 rings (SSSR count). The molecule has 1 unspecified atom stereocenters. The van der Waals surface area contributed by atoms with Gasteiger partial charge in [-0.15, -0.1) is 0 Å². The molecule has 1 N–H and O–H groups in total. The third-order valence-corrected chi connectivity index (χ3v) is 4.05. The summed E-state index contributed by atoms with van der Waals surface area (Å²) in [5.41, 5.74) is 1.24. The summed E-state index contributed by atoms with van der Waals surface area (Å²) in [6.07, 6.45) is 3.29. The molecule has 1 amide bonds. The van der Waals surface area contributed by atoms with E-state index in [1.807, 2.05) is 62.4 Å². The monoisotopic (exact) mass is 353 g/mol. The summed E-state index contributed by atoms with van der Waals surface area (Å²) in [5.74, 6) is 1.48. The van der Waals surface area contributed by atoms with E-state index in [4.69, 9.17) is 14.2 Å². The molecule has 5 heteroatoms. The lowest BCUT2D eigenvalue weighted by Crippen LogP contribution is -2.30. The van der Waals surface area contributed by atoms with Crippen LogP contribution in [0.15, 0.2) is 48.5 Å². The Balaban J connectivity index is 1.78. The molecule has 1 aliphatic heterocycles. The second-order valence-electron chi connectivity index (χ2n) is 6.70. The number of hydrogen-bond donors (Lipinski definition) is 1. The summed E-state index contributed by atoms with van der Waals surface area (Å²) in [6, 6.07) is 12.9. The van der Waals surface area contributed by atoms with E-state index < -0.39 is 11.7 Å². The van der Waals surface area contributed by atoms with Crippen molar-refractivity contribution < 1.29 is 19.0 Å². The van der Waals surface area contributed by atoms with E-state index in [0.717, 1.165) is 11.3 Å². The number of carbonyl (C=O) groups is 1. The van der Waals surface area contributed by atoms with Gasteiger partial charge in [0.05, 0.1) is 7.11 Å². The van der Waals surface area contributed by atoms with Gasteiger partial charge in [-0.25, -0.2) is 0 Å². The highest BCUT2D eigenvalue weighted by molar-refractivity contribution is 5.94. The molecule has 0 saturated heterocycles. The molecule has 1 heterocycles. The lowest BCUT2D eigenvalue weighted by atomic mass is 10.0. The van der Waals surface area contributed by atoms with Gasteiger partial charge in [0.15, 0.2) is 17.6 Å². The van der Waals surface area contributed by atoms with E-state index in [2.05, 4.69) is 5.32 Å². The van der Waals surface area contributed by atoms with Crippen molar-refractivity contribution in [2.75, 3.05) is 12.4 Å². The third-order valence-electron chi connectivity index (χ3n) is 4.05. The number of fused-ring (bicyclic) bond motifs is 1. The molecule has 26 heavy (non-hydrogen) atoms. The van der Waals surface area contributed by atoms with Crippen molar-refractivity contribution >= 4 is 17.7 Å². The molecule has 0 bridgehead atoms. The normalized spacial score (nSPS) is 15.4. The molecule has 0 fully saturated rings. The highest BCUT2D eigenvalue weighted by atomic mass is 16.5. The first-order valence-corrected chi connectivity index (χ1v) is 8.51. The molecular formula is C21H23NO4. The van der Waals surface area contributed by atoms with Crippen molar-refractivity contribution in [3.63, 3.8) is 0 Å². The van der Waals surface area contributed by atoms with Crippen molar-refractivity contribution in [3.05, 3.63) is 54.1 Å². The smallest absolute Gasteiger partial charge is 0.265 e. The molecule has 0 spiro atoms. The molecule has 136 valence electrons. The molecule has 2 aromatic rings. The van der Waals surface area contributed by atoms with Gasteiger partial charge in [-0.1, -0.05) is 24.3 Å². The van der Waals surface area contributed by atoms with Gasteiger partial charge in [0, 0.05) is 17.3 Å². The topological polar surface area (TPSA) is 56.8 Å². The van der Waals surface area contributed by atoms with Gasteiger partial charge < -0.3 is 19.5 Å². The number of methoxy groups -OCH3 is 1. The van der Waals surface area contributed by atoms with E-state index in [1.54, 1.807) is 20.1 Å². The lowest BCUT2D eigenvalue weighted by Gasteiger charge is -2.28. The van der Waals surface area contributed by atoms with Gasteiger partial charge in [0.1, 0.15) is 11.4 Å². The number of rotatable bonds is 5. The molecule has 0 aromatic heterocycles. The molecule has 2 aromatic carbocycles. The fourth-order valence-electron chi connectivity index (χ4n) is 2.64. The van der Waals surface area contributed by atoms with Crippen LogP contribution in [0.5, 0.6) is 17.2 Å². The van der Waals surface area contributed by atoms with Gasteiger partial charge in [0.2, 0.25) is 0 Å². The minimum atomic E-state index is -0.700. The standard InChI is InChI=1S/C21H23NO4/c1-14(20(23)22-16-8-6-5-7-9-16)25-19-13-17-15(12-18(19)24-4)10-11-21(2,3)26-17/h5-14H,1-4H3,(H,22,23). The maximum absolute atomic E-state index is 12.4. The maximum atomic E-state index is 12.4. The van der Waals surface area contributed by atoms with Gasteiger partial charge in [-0.3, -0.25) is 4.79 Å². The van der Waals surface area contributed by atoms with Crippen LogP contribution in [-0.4, -0.2) is 24.7 Å². The number of anilines is 1. The molecule has 0 aliphatic carbocycles. The Morgan fingerprint density at radius 2 is 1.88 bits per heavy atom. The molecule has 0 saturated carbocycles. The van der Waals surface area contributed by atoms with E-state index in [1.165, 1.54) is 0 Å². The minimum Gasteiger partial charge on any atom is -0.493 e. The van der Waals surface area contributed by atoms with Crippen LogP contribution in [0.25, 0.3) is 6.08 Å².